The monoisotopic (exact) mass is 295 g/mol. The molecule has 7 heteroatoms. The van der Waals surface area contributed by atoms with Crippen molar-refractivity contribution >= 4 is 10.0 Å². The van der Waals surface area contributed by atoms with Gasteiger partial charge in [-0.25, -0.2) is 13.1 Å². The van der Waals surface area contributed by atoms with Gasteiger partial charge in [-0.1, -0.05) is 41.9 Å². The fourth-order valence-corrected chi connectivity index (χ4v) is 2.68. The van der Waals surface area contributed by atoms with Gasteiger partial charge >= 0.3 is 0 Å². The van der Waals surface area contributed by atoms with Crippen LogP contribution in [0.3, 0.4) is 0 Å². The largest absolute Gasteiger partial charge is 0.338 e. The molecule has 6 nitrogen and oxygen atoms in total. The molecule has 2 rings (SSSR count). The summed E-state index contributed by atoms with van der Waals surface area (Å²) in [5, 5.41) is 3.84. The predicted octanol–water partition coefficient (Wildman–Crippen LogP) is 1.87. The lowest BCUT2D eigenvalue weighted by molar-refractivity contribution is 0.376. The average molecular weight is 295 g/mol. The van der Waals surface area contributed by atoms with Gasteiger partial charge in [0.15, 0.2) is 0 Å². The van der Waals surface area contributed by atoms with Crippen molar-refractivity contribution in [3.05, 3.63) is 35.7 Å². The summed E-state index contributed by atoms with van der Waals surface area (Å²) in [6.45, 7) is 3.82. The molecular formula is C13H17N3O3S. The van der Waals surface area contributed by atoms with Crippen molar-refractivity contribution in [2.45, 2.75) is 26.8 Å². The molecular weight excluding hydrogens is 278 g/mol. The molecule has 1 N–H and O–H groups in total. The van der Waals surface area contributed by atoms with E-state index in [1.54, 1.807) is 6.92 Å². The molecule has 0 aliphatic rings. The van der Waals surface area contributed by atoms with Crippen LogP contribution in [-0.4, -0.2) is 24.3 Å². The SMILES string of the molecule is CCCS(=O)(=O)NCc1nc(-c2ccc(C)cc2)no1. The van der Waals surface area contributed by atoms with E-state index in [0.717, 1.165) is 11.1 Å². The van der Waals surface area contributed by atoms with Crippen LogP contribution in [0.1, 0.15) is 24.8 Å². The number of benzene rings is 1. The van der Waals surface area contributed by atoms with Crippen LogP contribution in [0.4, 0.5) is 0 Å². The quantitative estimate of drug-likeness (QED) is 0.879. The molecule has 0 radical (unpaired) electrons. The number of nitrogens with one attached hydrogen (secondary N) is 1. The van der Waals surface area contributed by atoms with E-state index >= 15 is 0 Å². The first-order valence-corrected chi connectivity index (χ1v) is 8.02. The fraction of sp³-hybridized carbons (Fsp3) is 0.385. The third-order valence-corrected chi connectivity index (χ3v) is 4.22. The third-order valence-electron chi connectivity index (χ3n) is 2.69. The van der Waals surface area contributed by atoms with E-state index in [0.29, 0.717) is 12.2 Å². The van der Waals surface area contributed by atoms with E-state index in [2.05, 4.69) is 14.9 Å². The van der Waals surface area contributed by atoms with E-state index in [-0.39, 0.29) is 18.2 Å². The van der Waals surface area contributed by atoms with Crippen LogP contribution in [0.2, 0.25) is 0 Å². The number of aryl methyl sites for hydroxylation is 1. The van der Waals surface area contributed by atoms with E-state index in [9.17, 15) is 8.42 Å². The minimum Gasteiger partial charge on any atom is -0.338 e. The van der Waals surface area contributed by atoms with Gasteiger partial charge in [-0.2, -0.15) is 4.98 Å². The van der Waals surface area contributed by atoms with Gasteiger partial charge in [0.05, 0.1) is 12.3 Å². The lowest BCUT2D eigenvalue weighted by Gasteiger charge is -2.01. The van der Waals surface area contributed by atoms with Crippen LogP contribution in [0.15, 0.2) is 28.8 Å². The van der Waals surface area contributed by atoms with Crippen molar-refractivity contribution in [1.29, 1.82) is 0 Å². The zero-order valence-electron chi connectivity index (χ0n) is 11.5. The van der Waals surface area contributed by atoms with Crippen LogP contribution in [0.25, 0.3) is 11.4 Å². The average Bonchev–Trinajstić information content (AvgIpc) is 2.86. The Balaban J connectivity index is 2.04. The highest BCUT2D eigenvalue weighted by Gasteiger charge is 2.12. The predicted molar refractivity (Wildman–Crippen MR) is 75.4 cm³/mol. The summed E-state index contributed by atoms with van der Waals surface area (Å²) in [4.78, 5) is 4.17. The van der Waals surface area contributed by atoms with Crippen molar-refractivity contribution < 1.29 is 12.9 Å². The Morgan fingerprint density at radius 3 is 2.60 bits per heavy atom. The van der Waals surface area contributed by atoms with E-state index < -0.39 is 10.0 Å². The summed E-state index contributed by atoms with van der Waals surface area (Å²) in [5.74, 6) is 0.793. The molecule has 0 saturated carbocycles. The summed E-state index contributed by atoms with van der Waals surface area (Å²) >= 11 is 0. The molecule has 20 heavy (non-hydrogen) atoms. The second kappa shape index (κ2) is 6.15. The number of hydrogen-bond acceptors (Lipinski definition) is 5. The Hall–Kier alpha value is -1.73. The third kappa shape index (κ3) is 3.88. The Morgan fingerprint density at radius 2 is 1.95 bits per heavy atom. The van der Waals surface area contributed by atoms with Gasteiger partial charge in [0.25, 0.3) is 0 Å². The van der Waals surface area contributed by atoms with Crippen molar-refractivity contribution in [2.75, 3.05) is 5.75 Å². The highest BCUT2D eigenvalue weighted by atomic mass is 32.2. The lowest BCUT2D eigenvalue weighted by Crippen LogP contribution is -2.25. The maximum Gasteiger partial charge on any atom is 0.242 e. The fourth-order valence-electron chi connectivity index (χ4n) is 1.66. The molecule has 0 amide bonds. The normalized spacial score (nSPS) is 11.7. The Labute approximate surface area is 118 Å². The Morgan fingerprint density at radius 1 is 1.25 bits per heavy atom. The highest BCUT2D eigenvalue weighted by molar-refractivity contribution is 7.89. The first kappa shape index (κ1) is 14.7. The molecule has 1 heterocycles. The summed E-state index contributed by atoms with van der Waals surface area (Å²) in [6, 6.07) is 7.70. The molecule has 0 saturated heterocycles. The zero-order valence-corrected chi connectivity index (χ0v) is 12.3. The second-order valence-corrected chi connectivity index (χ2v) is 6.44. The van der Waals surface area contributed by atoms with Gasteiger partial charge < -0.3 is 4.52 Å². The summed E-state index contributed by atoms with van der Waals surface area (Å²) < 4.78 is 30.5. The standard InChI is InChI=1S/C13H17N3O3S/c1-3-8-20(17,18)14-9-12-15-13(16-19-12)11-6-4-10(2)5-7-11/h4-7,14H,3,8-9H2,1-2H3. The second-order valence-electron chi connectivity index (χ2n) is 4.52. The van der Waals surface area contributed by atoms with Gasteiger partial charge in [0.1, 0.15) is 0 Å². The highest BCUT2D eigenvalue weighted by Crippen LogP contribution is 2.16. The number of nitrogens with zero attached hydrogens (tertiary/aromatic N) is 2. The molecule has 0 unspecified atom stereocenters. The number of rotatable bonds is 6. The van der Waals surface area contributed by atoms with E-state index in [4.69, 9.17) is 4.52 Å². The molecule has 0 fully saturated rings. The Bertz CT molecular complexity index is 662. The topological polar surface area (TPSA) is 85.1 Å². The number of sulfonamides is 1. The van der Waals surface area contributed by atoms with Gasteiger partial charge in [-0.15, -0.1) is 0 Å². The summed E-state index contributed by atoms with van der Waals surface area (Å²) in [6.07, 6.45) is 0.563. The van der Waals surface area contributed by atoms with Gasteiger partial charge in [0.2, 0.25) is 21.7 Å². The molecule has 0 aliphatic heterocycles. The zero-order chi connectivity index (χ0) is 14.6. The number of hydrogen-bond donors (Lipinski definition) is 1. The van der Waals surface area contributed by atoms with Gasteiger partial charge in [-0.05, 0) is 13.3 Å². The van der Waals surface area contributed by atoms with Crippen LogP contribution in [0, 0.1) is 6.92 Å². The molecule has 108 valence electrons. The minimum atomic E-state index is -3.27. The maximum absolute atomic E-state index is 11.5. The molecule has 2 aromatic rings. The van der Waals surface area contributed by atoms with Crippen molar-refractivity contribution in [1.82, 2.24) is 14.9 Å². The molecule has 1 aromatic heterocycles. The van der Waals surface area contributed by atoms with E-state index in [1.807, 2.05) is 31.2 Å². The molecule has 0 bridgehead atoms. The van der Waals surface area contributed by atoms with Crippen LogP contribution in [0.5, 0.6) is 0 Å². The lowest BCUT2D eigenvalue weighted by atomic mass is 10.1. The summed E-state index contributed by atoms with van der Waals surface area (Å²) in [5.41, 5.74) is 1.98. The minimum absolute atomic E-state index is 0.0151. The molecule has 0 spiro atoms. The van der Waals surface area contributed by atoms with Crippen molar-refractivity contribution in [3.8, 4) is 11.4 Å². The smallest absolute Gasteiger partial charge is 0.242 e. The first-order valence-electron chi connectivity index (χ1n) is 6.37. The van der Waals surface area contributed by atoms with Gasteiger partial charge in [-0.3, -0.25) is 0 Å². The number of aromatic nitrogens is 2. The van der Waals surface area contributed by atoms with E-state index in [1.165, 1.54) is 0 Å². The molecule has 0 atom stereocenters. The molecule has 1 aromatic carbocycles. The van der Waals surface area contributed by atoms with Crippen LogP contribution in [-0.2, 0) is 16.6 Å². The summed E-state index contributed by atoms with van der Waals surface area (Å²) in [7, 11) is -3.27. The van der Waals surface area contributed by atoms with Crippen LogP contribution < -0.4 is 4.72 Å². The molecule has 0 aliphatic carbocycles. The van der Waals surface area contributed by atoms with Crippen molar-refractivity contribution in [3.63, 3.8) is 0 Å². The maximum atomic E-state index is 11.5. The van der Waals surface area contributed by atoms with Crippen LogP contribution >= 0.6 is 0 Å². The Kier molecular flexibility index (Phi) is 4.51. The van der Waals surface area contributed by atoms with Crippen molar-refractivity contribution in [2.24, 2.45) is 0 Å². The first-order chi connectivity index (χ1) is 9.50. The van der Waals surface area contributed by atoms with Gasteiger partial charge in [0, 0.05) is 5.56 Å².